The number of hydrogen-bond donors (Lipinski definition) is 1. The molecule has 3 aromatic carbocycles. The Kier molecular flexibility index (Phi) is 4.49. The number of rotatable bonds is 3. The van der Waals surface area contributed by atoms with Crippen LogP contribution in [-0.4, -0.2) is 23.6 Å². The number of ketones is 1. The molecule has 0 atom stereocenters. The molecule has 28 heavy (non-hydrogen) atoms. The van der Waals surface area contributed by atoms with E-state index < -0.39 is 15.8 Å². The first-order chi connectivity index (χ1) is 13.5. The Morgan fingerprint density at radius 3 is 2.07 bits per heavy atom. The highest BCUT2D eigenvalue weighted by atomic mass is 32.2. The zero-order valence-corrected chi connectivity index (χ0v) is 15.6. The molecule has 0 saturated heterocycles. The predicted molar refractivity (Wildman–Crippen MR) is 106 cm³/mol. The molecule has 6 heteroatoms. The van der Waals surface area contributed by atoms with Crippen LogP contribution in [-0.2, 0) is 16.6 Å². The van der Waals surface area contributed by atoms with E-state index in [4.69, 9.17) is 0 Å². The maximum atomic E-state index is 13.3. The van der Waals surface area contributed by atoms with Gasteiger partial charge in [-0.25, -0.2) is 8.42 Å². The van der Waals surface area contributed by atoms with Gasteiger partial charge in [0, 0.05) is 11.1 Å². The lowest BCUT2D eigenvalue weighted by Crippen LogP contribution is -2.39. The number of Topliss-reactive ketones (excluding diaryl/α,β-unsaturated/α-hetero) is 1. The molecule has 0 unspecified atom stereocenters. The summed E-state index contributed by atoms with van der Waals surface area (Å²) in [4.78, 5) is 13.1. The van der Waals surface area contributed by atoms with Gasteiger partial charge in [-0.15, -0.1) is 0 Å². The van der Waals surface area contributed by atoms with Gasteiger partial charge in [-0.3, -0.25) is 9.10 Å². The molecule has 0 aromatic heterocycles. The molecule has 1 aliphatic heterocycles. The number of carbonyl (C=O) groups is 1. The summed E-state index contributed by atoms with van der Waals surface area (Å²) in [6.45, 7) is -0.0600. The molecule has 1 heterocycles. The summed E-state index contributed by atoms with van der Waals surface area (Å²) in [6.07, 6.45) is 0. The van der Waals surface area contributed by atoms with Crippen molar-refractivity contribution in [2.45, 2.75) is 11.4 Å². The molecule has 4 rings (SSSR count). The van der Waals surface area contributed by atoms with Gasteiger partial charge in [0.05, 0.1) is 11.4 Å². The van der Waals surface area contributed by atoms with Gasteiger partial charge in [0.2, 0.25) is 5.78 Å². The number of aliphatic hydroxyl groups is 1. The zero-order chi connectivity index (χ0) is 19.7. The topological polar surface area (TPSA) is 74.7 Å². The molecule has 0 amide bonds. The van der Waals surface area contributed by atoms with Crippen LogP contribution in [0.5, 0.6) is 0 Å². The minimum Gasteiger partial charge on any atom is -0.505 e. The number of sulfonamides is 1. The molecule has 140 valence electrons. The van der Waals surface area contributed by atoms with Crippen molar-refractivity contribution in [2.75, 3.05) is 0 Å². The lowest BCUT2D eigenvalue weighted by atomic mass is 10.0. The molecule has 3 aromatic rings. The number of fused-ring (bicyclic) bond motifs is 1. The standard InChI is InChI=1S/C22H17NO4S/c24-21(17-11-5-2-6-12-17)20-22(25)18-13-7-8-14-19(18)28(26,27)23(20)15-16-9-3-1-4-10-16/h1-14,24H,15H2/b21-20-. The Labute approximate surface area is 163 Å². The number of allylic oxidation sites excluding steroid dienone is 1. The second-order valence-electron chi connectivity index (χ2n) is 6.39. The van der Waals surface area contributed by atoms with Gasteiger partial charge < -0.3 is 5.11 Å². The van der Waals surface area contributed by atoms with E-state index in [0.29, 0.717) is 11.1 Å². The Morgan fingerprint density at radius 1 is 0.821 bits per heavy atom. The first kappa shape index (κ1) is 18.0. The second kappa shape index (κ2) is 6.98. The average molecular weight is 391 g/mol. The smallest absolute Gasteiger partial charge is 0.265 e. The molecule has 5 nitrogen and oxygen atoms in total. The van der Waals surface area contributed by atoms with Gasteiger partial charge in [0.25, 0.3) is 10.0 Å². The van der Waals surface area contributed by atoms with Gasteiger partial charge >= 0.3 is 0 Å². The van der Waals surface area contributed by atoms with E-state index >= 15 is 0 Å². The maximum absolute atomic E-state index is 13.3. The fourth-order valence-electron chi connectivity index (χ4n) is 3.23. The fraction of sp³-hybridized carbons (Fsp3) is 0.0455. The first-order valence-electron chi connectivity index (χ1n) is 8.69. The number of nitrogens with zero attached hydrogens (tertiary/aromatic N) is 1. The van der Waals surface area contributed by atoms with E-state index in [2.05, 4.69) is 0 Å². The number of carbonyl (C=O) groups excluding carboxylic acids is 1. The van der Waals surface area contributed by atoms with E-state index in [1.165, 1.54) is 12.1 Å². The summed E-state index contributed by atoms with van der Waals surface area (Å²) >= 11 is 0. The van der Waals surface area contributed by atoms with Crippen LogP contribution < -0.4 is 0 Å². The summed E-state index contributed by atoms with van der Waals surface area (Å²) in [5, 5.41) is 10.9. The minimum absolute atomic E-state index is 0.0551. The second-order valence-corrected chi connectivity index (χ2v) is 8.22. The fourth-order valence-corrected chi connectivity index (χ4v) is 4.89. The monoisotopic (exact) mass is 391 g/mol. The SMILES string of the molecule is O=C1/C(=C(/O)c2ccccc2)N(Cc2ccccc2)S(=O)(=O)c2ccccc21. The third-order valence-electron chi connectivity index (χ3n) is 4.60. The third-order valence-corrected chi connectivity index (χ3v) is 6.41. The summed E-state index contributed by atoms with van der Waals surface area (Å²) in [7, 11) is -4.02. The van der Waals surface area contributed by atoms with E-state index in [9.17, 15) is 18.3 Å². The van der Waals surface area contributed by atoms with Crippen molar-refractivity contribution in [2.24, 2.45) is 0 Å². The van der Waals surface area contributed by atoms with Gasteiger partial charge in [0.15, 0.2) is 5.76 Å². The molecular weight excluding hydrogens is 374 g/mol. The maximum Gasteiger partial charge on any atom is 0.265 e. The molecule has 0 saturated carbocycles. The molecule has 0 bridgehead atoms. The van der Waals surface area contributed by atoms with Crippen molar-refractivity contribution >= 4 is 21.6 Å². The molecule has 0 radical (unpaired) electrons. The van der Waals surface area contributed by atoms with Crippen molar-refractivity contribution < 1.29 is 18.3 Å². The highest BCUT2D eigenvalue weighted by Gasteiger charge is 2.41. The van der Waals surface area contributed by atoms with Crippen LogP contribution >= 0.6 is 0 Å². The number of benzene rings is 3. The number of aliphatic hydroxyl groups excluding tert-OH is 1. The molecule has 1 N–H and O–H groups in total. The summed E-state index contributed by atoms with van der Waals surface area (Å²) < 4.78 is 27.7. The van der Waals surface area contributed by atoms with Crippen molar-refractivity contribution in [1.29, 1.82) is 0 Å². The van der Waals surface area contributed by atoms with E-state index in [0.717, 1.165) is 4.31 Å². The molecule has 1 aliphatic rings. The molecule has 0 aliphatic carbocycles. The predicted octanol–water partition coefficient (Wildman–Crippen LogP) is 4.00. The quantitative estimate of drug-likeness (QED) is 0.541. The average Bonchev–Trinajstić information content (AvgIpc) is 2.73. The van der Waals surface area contributed by atoms with Crippen molar-refractivity contribution in [3.63, 3.8) is 0 Å². The number of hydrogen-bond acceptors (Lipinski definition) is 4. The highest BCUT2D eigenvalue weighted by Crippen LogP contribution is 2.36. The van der Waals surface area contributed by atoms with Gasteiger partial charge in [0.1, 0.15) is 5.70 Å². The minimum atomic E-state index is -4.02. The van der Waals surface area contributed by atoms with Crippen LogP contribution in [0, 0.1) is 0 Å². The molecule has 0 spiro atoms. The van der Waals surface area contributed by atoms with Crippen LogP contribution in [0.4, 0.5) is 0 Å². The van der Waals surface area contributed by atoms with Crippen LogP contribution in [0.15, 0.2) is 95.5 Å². The summed E-state index contributed by atoms with van der Waals surface area (Å²) in [5.74, 6) is -0.887. The normalized spacial score (nSPS) is 17.1. The van der Waals surface area contributed by atoms with Gasteiger partial charge in [-0.2, -0.15) is 0 Å². The summed E-state index contributed by atoms with van der Waals surface area (Å²) in [6, 6.07) is 23.5. The largest absolute Gasteiger partial charge is 0.505 e. The zero-order valence-electron chi connectivity index (χ0n) is 14.8. The lowest BCUT2D eigenvalue weighted by molar-refractivity contribution is 0.0997. The van der Waals surface area contributed by atoms with Crippen molar-refractivity contribution in [3.05, 3.63) is 107 Å². The van der Waals surface area contributed by atoms with Crippen LogP contribution in [0.1, 0.15) is 21.5 Å². The Hall–Kier alpha value is -3.38. The Bertz CT molecular complexity index is 1170. The van der Waals surface area contributed by atoms with Crippen LogP contribution in [0.25, 0.3) is 5.76 Å². The third kappa shape index (κ3) is 2.97. The highest BCUT2D eigenvalue weighted by molar-refractivity contribution is 7.89. The summed E-state index contributed by atoms with van der Waals surface area (Å²) in [5.41, 5.74) is 0.896. The first-order valence-corrected chi connectivity index (χ1v) is 10.1. The van der Waals surface area contributed by atoms with Crippen LogP contribution in [0.2, 0.25) is 0 Å². The van der Waals surface area contributed by atoms with Crippen LogP contribution in [0.3, 0.4) is 0 Å². The van der Waals surface area contributed by atoms with Gasteiger partial charge in [-0.05, 0) is 17.7 Å². The molecular formula is C22H17NO4S. The van der Waals surface area contributed by atoms with E-state index in [1.807, 2.05) is 6.07 Å². The Morgan fingerprint density at radius 2 is 1.39 bits per heavy atom. The Balaban J connectivity index is 1.97. The molecule has 0 fully saturated rings. The lowest BCUT2D eigenvalue weighted by Gasteiger charge is -2.32. The van der Waals surface area contributed by atoms with E-state index in [1.54, 1.807) is 66.7 Å². The van der Waals surface area contributed by atoms with Gasteiger partial charge in [-0.1, -0.05) is 72.8 Å². The van der Waals surface area contributed by atoms with Crippen molar-refractivity contribution in [3.8, 4) is 0 Å². The van der Waals surface area contributed by atoms with E-state index in [-0.39, 0.29) is 28.5 Å². The van der Waals surface area contributed by atoms with Crippen molar-refractivity contribution in [1.82, 2.24) is 4.31 Å².